The second kappa shape index (κ2) is 9.32. The summed E-state index contributed by atoms with van der Waals surface area (Å²) < 4.78 is 13.2. The van der Waals surface area contributed by atoms with E-state index in [0.717, 1.165) is 50.1 Å². The van der Waals surface area contributed by atoms with E-state index in [1.807, 2.05) is 35.2 Å². The van der Waals surface area contributed by atoms with Crippen LogP contribution in [0.2, 0.25) is 0 Å². The molecule has 2 amide bonds. The number of carbonyl (C=O) groups is 1. The van der Waals surface area contributed by atoms with Crippen LogP contribution in [0, 0.1) is 29.6 Å². The number of nitrogens with zero attached hydrogens (tertiary/aromatic N) is 2. The first kappa shape index (κ1) is 22.2. The molecule has 3 saturated heterocycles. The predicted molar refractivity (Wildman–Crippen MR) is 125 cm³/mol. The van der Waals surface area contributed by atoms with Crippen molar-refractivity contribution in [1.29, 1.82) is 0 Å². The van der Waals surface area contributed by atoms with Gasteiger partial charge in [0.2, 0.25) is 0 Å². The molecule has 1 aliphatic carbocycles. The van der Waals surface area contributed by atoms with Gasteiger partial charge in [0.15, 0.2) is 6.29 Å². The van der Waals surface area contributed by atoms with Crippen LogP contribution in [0.25, 0.3) is 0 Å². The molecular weight excluding hydrogens is 402 g/mol. The van der Waals surface area contributed by atoms with Crippen LogP contribution in [0.4, 0.5) is 10.5 Å². The third-order valence-corrected chi connectivity index (χ3v) is 8.65. The molecule has 3 aliphatic heterocycles. The third kappa shape index (κ3) is 4.29. The smallest absolute Gasteiger partial charge is 0.321 e. The molecule has 1 aromatic carbocycles. The van der Waals surface area contributed by atoms with Gasteiger partial charge < -0.3 is 19.7 Å². The van der Waals surface area contributed by atoms with Gasteiger partial charge in [-0.05, 0) is 62.0 Å². The van der Waals surface area contributed by atoms with Gasteiger partial charge in [-0.1, -0.05) is 38.5 Å². The van der Waals surface area contributed by atoms with Crippen LogP contribution >= 0.6 is 0 Å². The van der Waals surface area contributed by atoms with Crippen LogP contribution in [-0.4, -0.2) is 60.6 Å². The lowest BCUT2D eigenvalue weighted by molar-refractivity contribution is -0.306. The van der Waals surface area contributed by atoms with E-state index < -0.39 is 0 Å². The lowest BCUT2D eigenvalue weighted by Crippen LogP contribution is -2.61. The standard InChI is InChI=1S/C26H39N3O3/c1-17-9-11-22-19(3)24(32-25-23(22)21(17)12-10-18(2)31-25)28-13-15-29(16-14-28)26(30)27-20-7-5-4-6-8-20/h4-8,17-19,21-25H,9-16H2,1-3H3,(H,27,30)/t17-,18+,19-,21+,22+,23?,24-,25+/m1/s1. The number of carbonyl (C=O) groups excluding carboxylic acids is 1. The Morgan fingerprint density at radius 3 is 2.38 bits per heavy atom. The summed E-state index contributed by atoms with van der Waals surface area (Å²) in [6.45, 7) is 10.2. The Labute approximate surface area is 192 Å². The normalized spacial score (nSPS) is 40.3. The fourth-order valence-corrected chi connectivity index (χ4v) is 6.79. The van der Waals surface area contributed by atoms with Gasteiger partial charge in [0, 0.05) is 37.8 Å². The van der Waals surface area contributed by atoms with Gasteiger partial charge in [-0.15, -0.1) is 0 Å². The zero-order valence-electron chi connectivity index (χ0n) is 19.8. The highest BCUT2D eigenvalue weighted by Crippen LogP contribution is 2.52. The monoisotopic (exact) mass is 441 g/mol. The number of rotatable bonds is 2. The average molecular weight is 442 g/mol. The number of hydrogen-bond acceptors (Lipinski definition) is 4. The van der Waals surface area contributed by atoms with Gasteiger partial charge in [0.1, 0.15) is 6.23 Å². The molecule has 6 heteroatoms. The molecule has 0 aromatic heterocycles. The Bertz CT molecular complexity index is 782. The maximum absolute atomic E-state index is 12.7. The number of piperazine rings is 1. The summed E-state index contributed by atoms with van der Waals surface area (Å²) in [6, 6.07) is 9.67. The Hall–Kier alpha value is -1.63. The van der Waals surface area contributed by atoms with Crippen molar-refractivity contribution in [2.75, 3.05) is 31.5 Å². The molecule has 1 N–H and O–H groups in total. The van der Waals surface area contributed by atoms with Crippen LogP contribution in [0.5, 0.6) is 0 Å². The van der Waals surface area contributed by atoms with Gasteiger partial charge in [-0.3, -0.25) is 4.90 Å². The second-order valence-electron chi connectivity index (χ2n) is 10.6. The number of amides is 2. The number of hydrogen-bond donors (Lipinski definition) is 1. The zero-order valence-corrected chi connectivity index (χ0v) is 19.8. The highest BCUT2D eigenvalue weighted by atomic mass is 16.7. The van der Waals surface area contributed by atoms with Crippen molar-refractivity contribution in [3.8, 4) is 0 Å². The number of nitrogens with one attached hydrogen (secondary N) is 1. The first-order chi connectivity index (χ1) is 15.5. The van der Waals surface area contributed by atoms with E-state index >= 15 is 0 Å². The number of benzene rings is 1. The van der Waals surface area contributed by atoms with Crippen molar-refractivity contribution in [1.82, 2.24) is 9.80 Å². The molecular formula is C26H39N3O3. The van der Waals surface area contributed by atoms with Gasteiger partial charge in [-0.2, -0.15) is 0 Å². The summed E-state index contributed by atoms with van der Waals surface area (Å²) in [5, 5.41) is 3.01. The highest BCUT2D eigenvalue weighted by Gasteiger charge is 2.53. The predicted octanol–water partition coefficient (Wildman–Crippen LogP) is 4.63. The quantitative estimate of drug-likeness (QED) is 0.727. The second-order valence-corrected chi connectivity index (χ2v) is 10.6. The molecule has 1 aromatic rings. The van der Waals surface area contributed by atoms with Crippen molar-refractivity contribution in [2.45, 2.75) is 65.1 Å². The van der Waals surface area contributed by atoms with Crippen molar-refractivity contribution < 1.29 is 14.3 Å². The topological polar surface area (TPSA) is 54.0 Å². The maximum atomic E-state index is 12.7. The molecule has 0 bridgehead atoms. The molecule has 32 heavy (non-hydrogen) atoms. The fourth-order valence-electron chi connectivity index (χ4n) is 6.79. The zero-order chi connectivity index (χ0) is 22.2. The van der Waals surface area contributed by atoms with Gasteiger partial charge in [0.25, 0.3) is 0 Å². The molecule has 4 aliphatic rings. The molecule has 1 unspecified atom stereocenters. The van der Waals surface area contributed by atoms with E-state index in [4.69, 9.17) is 9.47 Å². The van der Waals surface area contributed by atoms with E-state index in [0.29, 0.717) is 17.8 Å². The fraction of sp³-hybridized carbons (Fsp3) is 0.731. The van der Waals surface area contributed by atoms with E-state index in [1.165, 1.54) is 19.3 Å². The van der Waals surface area contributed by atoms with Crippen molar-refractivity contribution >= 4 is 11.7 Å². The van der Waals surface area contributed by atoms with Gasteiger partial charge in [-0.25, -0.2) is 4.79 Å². The highest BCUT2D eigenvalue weighted by molar-refractivity contribution is 5.89. The van der Waals surface area contributed by atoms with E-state index in [1.54, 1.807) is 0 Å². The molecule has 0 spiro atoms. The third-order valence-electron chi connectivity index (χ3n) is 8.65. The van der Waals surface area contributed by atoms with E-state index in [-0.39, 0.29) is 24.7 Å². The van der Waals surface area contributed by atoms with Crippen molar-refractivity contribution in [2.24, 2.45) is 29.6 Å². The Morgan fingerprint density at radius 2 is 1.62 bits per heavy atom. The van der Waals surface area contributed by atoms with E-state index in [9.17, 15) is 4.79 Å². The maximum Gasteiger partial charge on any atom is 0.321 e. The lowest BCUT2D eigenvalue weighted by Gasteiger charge is -2.54. The van der Waals surface area contributed by atoms with Crippen molar-refractivity contribution in [3.63, 3.8) is 0 Å². The van der Waals surface area contributed by atoms with E-state index in [2.05, 4.69) is 31.0 Å². The molecule has 3 heterocycles. The minimum Gasteiger partial charge on any atom is -0.349 e. The largest absolute Gasteiger partial charge is 0.349 e. The summed E-state index contributed by atoms with van der Waals surface area (Å²) in [7, 11) is 0. The number of ether oxygens (including phenoxy) is 2. The van der Waals surface area contributed by atoms with Gasteiger partial charge >= 0.3 is 6.03 Å². The molecule has 0 radical (unpaired) electrons. The molecule has 8 atom stereocenters. The Kier molecular flexibility index (Phi) is 6.46. The summed E-state index contributed by atoms with van der Waals surface area (Å²) in [5.41, 5.74) is 0.843. The first-order valence-electron chi connectivity index (χ1n) is 12.7. The molecule has 4 fully saturated rings. The van der Waals surface area contributed by atoms with Crippen LogP contribution in [0.1, 0.15) is 46.5 Å². The summed E-state index contributed by atoms with van der Waals surface area (Å²) >= 11 is 0. The number of anilines is 1. The number of para-hydroxylation sites is 1. The van der Waals surface area contributed by atoms with Crippen LogP contribution < -0.4 is 5.32 Å². The Morgan fingerprint density at radius 1 is 0.906 bits per heavy atom. The molecule has 6 nitrogen and oxygen atoms in total. The van der Waals surface area contributed by atoms with Crippen LogP contribution in [-0.2, 0) is 9.47 Å². The van der Waals surface area contributed by atoms with Gasteiger partial charge in [0.05, 0.1) is 6.10 Å². The minimum absolute atomic E-state index is 0.0152. The van der Waals surface area contributed by atoms with Crippen LogP contribution in [0.15, 0.2) is 30.3 Å². The molecule has 1 saturated carbocycles. The van der Waals surface area contributed by atoms with Crippen LogP contribution in [0.3, 0.4) is 0 Å². The average Bonchev–Trinajstić information content (AvgIpc) is 2.97. The number of urea groups is 1. The first-order valence-corrected chi connectivity index (χ1v) is 12.7. The summed E-state index contributed by atoms with van der Waals surface area (Å²) in [5.74, 6) is 3.20. The molecule has 176 valence electrons. The minimum atomic E-state index is -0.0779. The Balaban J connectivity index is 1.23. The van der Waals surface area contributed by atoms with Crippen molar-refractivity contribution in [3.05, 3.63) is 30.3 Å². The molecule has 5 rings (SSSR count). The lowest BCUT2D eigenvalue weighted by atomic mass is 9.61. The SMILES string of the molecule is C[C@@H]1[C@@H]2CC[C@@H](C)[C@@H]3CC[C@H](C)O[C@@H](O[C@H]1N1CCN(C(=O)Nc4ccccc4)CC1)C23. The summed E-state index contributed by atoms with van der Waals surface area (Å²) in [4.78, 5) is 17.1. The summed E-state index contributed by atoms with van der Waals surface area (Å²) in [6.07, 6.45) is 5.31.